The Morgan fingerprint density at radius 3 is 2.90 bits per heavy atom. The summed E-state index contributed by atoms with van der Waals surface area (Å²) in [6.07, 6.45) is 2.88. The van der Waals surface area contributed by atoms with Gasteiger partial charge >= 0.3 is 5.97 Å². The first-order chi connectivity index (χ1) is 9.53. The van der Waals surface area contributed by atoms with Crippen molar-refractivity contribution in [3.05, 3.63) is 30.1 Å². The Bertz CT molecular complexity index is 479. The minimum Gasteiger partial charge on any atom is -0.468 e. The second-order valence-corrected chi connectivity index (χ2v) is 6.47. The minimum absolute atomic E-state index is 0.232. The van der Waals surface area contributed by atoms with Crippen LogP contribution in [0, 0.1) is 5.82 Å². The highest BCUT2D eigenvalue weighted by atomic mass is 32.2. The zero-order valence-corrected chi connectivity index (χ0v) is 12.6. The predicted molar refractivity (Wildman–Crippen MR) is 78.3 cm³/mol. The van der Waals surface area contributed by atoms with Gasteiger partial charge in [0, 0.05) is 16.7 Å². The maximum Gasteiger partial charge on any atom is 0.325 e. The topological polar surface area (TPSA) is 38.3 Å². The molecule has 0 bridgehead atoms. The van der Waals surface area contributed by atoms with E-state index in [-0.39, 0.29) is 11.8 Å². The van der Waals surface area contributed by atoms with Crippen molar-refractivity contribution in [3.63, 3.8) is 0 Å². The van der Waals surface area contributed by atoms with E-state index in [1.165, 1.54) is 19.2 Å². The smallest absolute Gasteiger partial charge is 0.325 e. The van der Waals surface area contributed by atoms with Crippen molar-refractivity contribution in [2.24, 2.45) is 0 Å². The Balaban J connectivity index is 1.89. The van der Waals surface area contributed by atoms with Crippen LogP contribution >= 0.6 is 11.8 Å². The Morgan fingerprint density at radius 1 is 1.55 bits per heavy atom. The van der Waals surface area contributed by atoms with Crippen molar-refractivity contribution in [3.8, 4) is 0 Å². The van der Waals surface area contributed by atoms with Gasteiger partial charge in [0.05, 0.1) is 7.11 Å². The van der Waals surface area contributed by atoms with Crippen molar-refractivity contribution in [1.82, 2.24) is 5.32 Å². The molecule has 1 aromatic carbocycles. The molecular formula is C15H20FNO2S. The fraction of sp³-hybridized carbons (Fsp3) is 0.533. The highest BCUT2D eigenvalue weighted by molar-refractivity contribution is 7.99. The fourth-order valence-corrected chi connectivity index (χ4v) is 3.18. The molecule has 1 N–H and O–H groups in total. The second kappa shape index (κ2) is 6.59. The molecule has 5 heteroatoms. The lowest BCUT2D eigenvalue weighted by molar-refractivity contribution is -0.148. The summed E-state index contributed by atoms with van der Waals surface area (Å²) in [4.78, 5) is 12.8. The van der Waals surface area contributed by atoms with E-state index in [4.69, 9.17) is 4.74 Å². The molecule has 1 saturated carbocycles. The van der Waals surface area contributed by atoms with Gasteiger partial charge in [-0.1, -0.05) is 6.07 Å². The maximum atomic E-state index is 13.1. The summed E-state index contributed by atoms with van der Waals surface area (Å²) in [6, 6.07) is 6.93. The van der Waals surface area contributed by atoms with Crippen LogP contribution in [0.4, 0.5) is 4.39 Å². The number of hydrogen-bond donors (Lipinski definition) is 1. The lowest BCUT2D eigenvalue weighted by atomic mass is 9.99. The SMILES string of the molecule is COC(=O)C(C)(CCSc1cccc(F)c1)NC1CC1. The number of rotatable bonds is 7. The molecular weight excluding hydrogens is 277 g/mol. The van der Waals surface area contributed by atoms with Crippen LogP contribution in [-0.2, 0) is 9.53 Å². The van der Waals surface area contributed by atoms with Crippen LogP contribution in [0.5, 0.6) is 0 Å². The first-order valence-corrected chi connectivity index (χ1v) is 7.76. The number of thioether (sulfide) groups is 1. The van der Waals surface area contributed by atoms with Gasteiger partial charge in [-0.3, -0.25) is 10.1 Å². The highest BCUT2D eigenvalue weighted by Gasteiger charge is 2.38. The number of nitrogens with one attached hydrogen (secondary N) is 1. The Hall–Kier alpha value is -1.07. The standard InChI is InChI=1S/C15H20FNO2S/c1-15(14(18)19-2,17-12-6-7-12)8-9-20-13-5-3-4-11(16)10-13/h3-5,10,12,17H,6-9H2,1-2H3. The number of benzene rings is 1. The van der Waals surface area contributed by atoms with Crippen LogP contribution in [0.2, 0.25) is 0 Å². The van der Waals surface area contributed by atoms with E-state index >= 15 is 0 Å². The molecule has 0 radical (unpaired) electrons. The van der Waals surface area contributed by atoms with Gasteiger partial charge in [-0.25, -0.2) is 4.39 Å². The van der Waals surface area contributed by atoms with E-state index in [1.54, 1.807) is 17.8 Å². The first kappa shape index (κ1) is 15.3. The van der Waals surface area contributed by atoms with E-state index in [0.29, 0.717) is 12.5 Å². The number of carbonyl (C=O) groups is 1. The van der Waals surface area contributed by atoms with Crippen molar-refractivity contribution in [1.29, 1.82) is 0 Å². The summed E-state index contributed by atoms with van der Waals surface area (Å²) < 4.78 is 18.0. The molecule has 0 heterocycles. The van der Waals surface area contributed by atoms with Gasteiger partial charge in [0.25, 0.3) is 0 Å². The zero-order valence-electron chi connectivity index (χ0n) is 11.8. The van der Waals surface area contributed by atoms with Crippen LogP contribution in [0.3, 0.4) is 0 Å². The summed E-state index contributed by atoms with van der Waals surface area (Å²) in [7, 11) is 1.41. The molecule has 1 fully saturated rings. The zero-order chi connectivity index (χ0) is 14.6. The van der Waals surface area contributed by atoms with E-state index in [9.17, 15) is 9.18 Å². The van der Waals surface area contributed by atoms with E-state index < -0.39 is 5.54 Å². The monoisotopic (exact) mass is 297 g/mol. The van der Waals surface area contributed by atoms with Gasteiger partial charge in [0.2, 0.25) is 0 Å². The summed E-state index contributed by atoms with van der Waals surface area (Å²) in [6.45, 7) is 1.88. The van der Waals surface area contributed by atoms with Crippen LogP contribution in [-0.4, -0.2) is 30.4 Å². The molecule has 0 aromatic heterocycles. The quantitative estimate of drug-likeness (QED) is 0.620. The molecule has 1 aliphatic rings. The molecule has 0 amide bonds. The summed E-state index contributed by atoms with van der Waals surface area (Å²) in [5.74, 6) is 0.264. The third-order valence-electron chi connectivity index (χ3n) is 3.40. The lowest BCUT2D eigenvalue weighted by Gasteiger charge is -2.28. The molecule has 1 unspecified atom stereocenters. The van der Waals surface area contributed by atoms with Crippen molar-refractivity contribution >= 4 is 17.7 Å². The average molecular weight is 297 g/mol. The molecule has 0 saturated heterocycles. The summed E-state index contributed by atoms with van der Waals surface area (Å²) in [5.41, 5.74) is -0.657. The molecule has 3 nitrogen and oxygen atoms in total. The van der Waals surface area contributed by atoms with E-state index in [1.807, 2.05) is 13.0 Å². The second-order valence-electron chi connectivity index (χ2n) is 5.30. The number of ether oxygens (including phenoxy) is 1. The Labute approximate surface area is 123 Å². The number of hydrogen-bond acceptors (Lipinski definition) is 4. The van der Waals surface area contributed by atoms with Crippen LogP contribution < -0.4 is 5.32 Å². The molecule has 110 valence electrons. The molecule has 1 aliphatic carbocycles. The van der Waals surface area contributed by atoms with Gasteiger partial charge in [-0.15, -0.1) is 11.8 Å². The highest BCUT2D eigenvalue weighted by Crippen LogP contribution is 2.27. The molecule has 0 spiro atoms. The summed E-state index contributed by atoms with van der Waals surface area (Å²) >= 11 is 1.55. The Morgan fingerprint density at radius 2 is 2.30 bits per heavy atom. The number of esters is 1. The third-order valence-corrected chi connectivity index (χ3v) is 4.40. The largest absolute Gasteiger partial charge is 0.468 e. The molecule has 20 heavy (non-hydrogen) atoms. The van der Waals surface area contributed by atoms with Gasteiger partial charge in [0.15, 0.2) is 0 Å². The predicted octanol–water partition coefficient (Wildman–Crippen LogP) is 2.99. The normalized spacial score (nSPS) is 17.6. The lowest BCUT2D eigenvalue weighted by Crippen LogP contribution is -2.51. The molecule has 2 rings (SSSR count). The molecule has 1 atom stereocenters. The van der Waals surface area contributed by atoms with Crippen LogP contribution in [0.25, 0.3) is 0 Å². The van der Waals surface area contributed by atoms with Crippen molar-refractivity contribution < 1.29 is 13.9 Å². The van der Waals surface area contributed by atoms with Gasteiger partial charge in [0.1, 0.15) is 11.4 Å². The fourth-order valence-electron chi connectivity index (χ4n) is 2.07. The first-order valence-electron chi connectivity index (χ1n) is 6.78. The number of methoxy groups -OCH3 is 1. The van der Waals surface area contributed by atoms with Crippen molar-refractivity contribution in [2.75, 3.05) is 12.9 Å². The average Bonchev–Trinajstić information content (AvgIpc) is 3.21. The van der Waals surface area contributed by atoms with Crippen LogP contribution in [0.1, 0.15) is 26.2 Å². The van der Waals surface area contributed by atoms with Crippen LogP contribution in [0.15, 0.2) is 29.2 Å². The minimum atomic E-state index is -0.657. The van der Waals surface area contributed by atoms with Crippen molar-refractivity contribution in [2.45, 2.75) is 42.7 Å². The van der Waals surface area contributed by atoms with Gasteiger partial charge < -0.3 is 4.74 Å². The molecule has 0 aliphatic heterocycles. The Kier molecular flexibility index (Phi) is 5.05. The molecule has 1 aromatic rings. The van der Waals surface area contributed by atoms with Gasteiger partial charge in [-0.2, -0.15) is 0 Å². The number of halogens is 1. The third kappa shape index (κ3) is 4.21. The maximum absolute atomic E-state index is 13.1. The van der Waals surface area contributed by atoms with E-state index in [2.05, 4.69) is 5.32 Å². The summed E-state index contributed by atoms with van der Waals surface area (Å²) in [5, 5.41) is 3.35. The van der Waals surface area contributed by atoms with Gasteiger partial charge in [-0.05, 0) is 44.4 Å². The number of carbonyl (C=O) groups excluding carboxylic acids is 1. The van der Waals surface area contributed by atoms with E-state index in [0.717, 1.165) is 23.5 Å².